The molecule has 1 aromatic heterocycles. The molecule has 1 fully saturated rings. The second-order valence-electron chi connectivity index (χ2n) is 8.98. The van der Waals surface area contributed by atoms with Crippen LogP contribution in [-0.2, 0) is 24.1 Å². The van der Waals surface area contributed by atoms with Gasteiger partial charge in [-0.2, -0.15) is 0 Å². The Balaban J connectivity index is 1.50. The minimum atomic E-state index is -0.507. The predicted molar refractivity (Wildman–Crippen MR) is 119 cm³/mol. The highest BCUT2D eigenvalue weighted by Crippen LogP contribution is 2.47. The maximum atomic E-state index is 13.1. The molecule has 2 unspecified atom stereocenters. The van der Waals surface area contributed by atoms with Crippen molar-refractivity contribution in [3.05, 3.63) is 46.2 Å². The van der Waals surface area contributed by atoms with Gasteiger partial charge >= 0.3 is 0 Å². The molecule has 0 bridgehead atoms. The van der Waals surface area contributed by atoms with E-state index >= 15 is 0 Å². The van der Waals surface area contributed by atoms with Gasteiger partial charge in [0.05, 0.1) is 0 Å². The number of nitrogens with zero attached hydrogens (tertiary/aromatic N) is 2. The molecule has 164 valence electrons. The number of hydrogen-bond donors (Lipinski definition) is 2. The smallest absolute Gasteiger partial charge is 0.264 e. The number of benzene rings is 1. The summed E-state index contributed by atoms with van der Waals surface area (Å²) in [6, 6.07) is 5.85. The Bertz CT molecular complexity index is 1020. The second kappa shape index (κ2) is 8.08. The van der Waals surface area contributed by atoms with Gasteiger partial charge in [0.15, 0.2) is 6.10 Å². The van der Waals surface area contributed by atoms with Crippen LogP contribution in [0.5, 0.6) is 5.75 Å². The van der Waals surface area contributed by atoms with Crippen molar-refractivity contribution < 1.29 is 14.6 Å². The van der Waals surface area contributed by atoms with Crippen LogP contribution in [0, 0.1) is 5.41 Å². The number of aromatic nitrogens is 1. The van der Waals surface area contributed by atoms with Crippen molar-refractivity contribution in [2.24, 2.45) is 5.41 Å². The maximum absolute atomic E-state index is 13.1. The first-order valence-corrected chi connectivity index (χ1v) is 11.5. The van der Waals surface area contributed by atoms with Gasteiger partial charge in [0.2, 0.25) is 0 Å². The van der Waals surface area contributed by atoms with Crippen LogP contribution in [0.25, 0.3) is 11.1 Å². The molecule has 2 atom stereocenters. The highest BCUT2D eigenvalue weighted by molar-refractivity contribution is 6.31. The molecule has 3 aliphatic rings. The number of hydrogen-bond acceptors (Lipinski definition) is 5. The van der Waals surface area contributed by atoms with E-state index in [0.717, 1.165) is 66.0 Å². The van der Waals surface area contributed by atoms with Crippen molar-refractivity contribution in [2.75, 3.05) is 32.8 Å². The van der Waals surface area contributed by atoms with Crippen LogP contribution < -0.4 is 10.1 Å². The number of piperazine rings is 1. The normalized spacial score (nSPS) is 24.6. The van der Waals surface area contributed by atoms with Crippen molar-refractivity contribution in [3.63, 3.8) is 0 Å². The standard InChI is InChI=1S/C24H28ClN3O3/c1-2-24(14-29)12-19-17(3-4-27-20(19)13-24)18-11-16(25)9-15-10-21(31-22(15)18)23(30)28-7-5-26-6-8-28/h3-4,9,11,21,26,29H,2,5-8,10,12-14H2,1H3. The highest BCUT2D eigenvalue weighted by Gasteiger charge is 2.39. The van der Waals surface area contributed by atoms with Gasteiger partial charge in [-0.3, -0.25) is 9.78 Å². The lowest BCUT2D eigenvalue weighted by Crippen LogP contribution is -2.50. The number of ether oxygens (including phenoxy) is 1. The zero-order chi connectivity index (χ0) is 21.6. The Kier molecular flexibility index (Phi) is 5.40. The van der Waals surface area contributed by atoms with E-state index in [4.69, 9.17) is 16.3 Å². The summed E-state index contributed by atoms with van der Waals surface area (Å²) in [5, 5.41) is 14.0. The summed E-state index contributed by atoms with van der Waals surface area (Å²) in [5.74, 6) is 0.800. The van der Waals surface area contributed by atoms with E-state index in [1.54, 1.807) is 0 Å². The maximum Gasteiger partial charge on any atom is 0.264 e. The molecule has 7 heteroatoms. The number of carbonyl (C=O) groups is 1. The highest BCUT2D eigenvalue weighted by atomic mass is 35.5. The van der Waals surface area contributed by atoms with Crippen LogP contribution in [0.2, 0.25) is 5.02 Å². The lowest BCUT2D eigenvalue weighted by Gasteiger charge is -2.29. The van der Waals surface area contributed by atoms with Crippen LogP contribution in [0.1, 0.15) is 30.2 Å². The van der Waals surface area contributed by atoms with E-state index in [-0.39, 0.29) is 17.9 Å². The second-order valence-corrected chi connectivity index (χ2v) is 9.41. The minimum Gasteiger partial charge on any atom is -0.479 e. The van der Waals surface area contributed by atoms with Gasteiger partial charge in [-0.05, 0) is 48.6 Å². The lowest BCUT2D eigenvalue weighted by atomic mass is 9.82. The monoisotopic (exact) mass is 441 g/mol. The average molecular weight is 442 g/mol. The summed E-state index contributed by atoms with van der Waals surface area (Å²) in [7, 11) is 0. The molecule has 5 rings (SSSR count). The Labute approximate surface area is 187 Å². The Morgan fingerprint density at radius 2 is 2.13 bits per heavy atom. The first-order chi connectivity index (χ1) is 15.0. The van der Waals surface area contributed by atoms with Gasteiger partial charge in [-0.25, -0.2) is 0 Å². The molecule has 6 nitrogen and oxygen atoms in total. The Hall–Kier alpha value is -2.15. The van der Waals surface area contributed by atoms with Crippen LogP contribution in [0.3, 0.4) is 0 Å². The molecule has 2 aromatic rings. The third-order valence-electron chi connectivity index (χ3n) is 7.11. The number of halogens is 1. The summed E-state index contributed by atoms with van der Waals surface area (Å²) in [5.41, 5.74) is 4.97. The van der Waals surface area contributed by atoms with Crippen molar-refractivity contribution >= 4 is 17.5 Å². The fourth-order valence-corrected chi connectivity index (χ4v) is 5.40. The number of amides is 1. The van der Waals surface area contributed by atoms with Gasteiger partial charge in [0.1, 0.15) is 5.75 Å². The minimum absolute atomic E-state index is 0.0463. The van der Waals surface area contributed by atoms with E-state index in [9.17, 15) is 9.90 Å². The predicted octanol–water partition coefficient (Wildman–Crippen LogP) is 2.62. The van der Waals surface area contributed by atoms with Crippen molar-refractivity contribution in [3.8, 4) is 16.9 Å². The number of carbonyl (C=O) groups excluding carboxylic acids is 1. The van der Waals surface area contributed by atoms with Crippen LogP contribution >= 0.6 is 11.6 Å². The molecule has 1 aliphatic carbocycles. The molecule has 31 heavy (non-hydrogen) atoms. The number of aliphatic hydroxyl groups is 1. The first kappa shape index (κ1) is 20.7. The van der Waals surface area contributed by atoms with Crippen molar-refractivity contribution in [1.29, 1.82) is 0 Å². The van der Waals surface area contributed by atoms with Gasteiger partial charge < -0.3 is 20.1 Å². The van der Waals surface area contributed by atoms with E-state index in [1.165, 1.54) is 0 Å². The third-order valence-corrected chi connectivity index (χ3v) is 7.33. The summed E-state index contributed by atoms with van der Waals surface area (Å²) >= 11 is 6.50. The van der Waals surface area contributed by atoms with Crippen LogP contribution in [0.15, 0.2) is 24.4 Å². The molecule has 0 spiro atoms. The van der Waals surface area contributed by atoms with Crippen LogP contribution in [0.4, 0.5) is 0 Å². The molecule has 2 N–H and O–H groups in total. The average Bonchev–Trinajstić information content (AvgIpc) is 3.40. The molecule has 1 saturated heterocycles. The molecule has 0 radical (unpaired) electrons. The molecular formula is C24H28ClN3O3. The zero-order valence-corrected chi connectivity index (χ0v) is 18.5. The first-order valence-electron chi connectivity index (χ1n) is 11.1. The SMILES string of the molecule is CCC1(CO)Cc2nccc(-c3cc(Cl)cc4c3OC(C(=O)N3CCNCC3)C4)c2C1. The Morgan fingerprint density at radius 1 is 1.32 bits per heavy atom. The topological polar surface area (TPSA) is 74.7 Å². The molecule has 0 saturated carbocycles. The molecular weight excluding hydrogens is 414 g/mol. The van der Waals surface area contributed by atoms with E-state index < -0.39 is 6.10 Å². The summed E-state index contributed by atoms with van der Waals surface area (Å²) in [6.07, 6.45) is 4.30. The Morgan fingerprint density at radius 3 is 2.87 bits per heavy atom. The fraction of sp³-hybridized carbons (Fsp3) is 0.500. The number of nitrogens with one attached hydrogen (secondary N) is 1. The third kappa shape index (κ3) is 3.60. The summed E-state index contributed by atoms with van der Waals surface area (Å²) in [6.45, 7) is 5.31. The molecule has 1 amide bonds. The fourth-order valence-electron chi connectivity index (χ4n) is 5.16. The van der Waals surface area contributed by atoms with E-state index in [1.807, 2.05) is 29.3 Å². The molecule has 2 aliphatic heterocycles. The number of pyridine rings is 1. The number of rotatable bonds is 4. The quantitative estimate of drug-likeness (QED) is 0.763. The van der Waals surface area contributed by atoms with Crippen LogP contribution in [-0.4, -0.2) is 59.8 Å². The number of fused-ring (bicyclic) bond motifs is 2. The largest absolute Gasteiger partial charge is 0.479 e. The summed E-state index contributed by atoms with van der Waals surface area (Å²) < 4.78 is 6.29. The zero-order valence-electron chi connectivity index (χ0n) is 17.8. The van der Waals surface area contributed by atoms with Crippen molar-refractivity contribution in [1.82, 2.24) is 15.2 Å². The van der Waals surface area contributed by atoms with Gasteiger partial charge in [0.25, 0.3) is 5.91 Å². The van der Waals surface area contributed by atoms with Gasteiger partial charge in [-0.15, -0.1) is 0 Å². The van der Waals surface area contributed by atoms with E-state index in [0.29, 0.717) is 24.5 Å². The lowest BCUT2D eigenvalue weighted by molar-refractivity contribution is -0.138. The number of aliphatic hydroxyl groups excluding tert-OH is 1. The summed E-state index contributed by atoms with van der Waals surface area (Å²) in [4.78, 5) is 19.5. The molecule has 3 heterocycles. The van der Waals surface area contributed by atoms with E-state index in [2.05, 4.69) is 17.2 Å². The van der Waals surface area contributed by atoms with Gasteiger partial charge in [0, 0.05) is 72.7 Å². The van der Waals surface area contributed by atoms with Crippen molar-refractivity contribution in [2.45, 2.75) is 38.7 Å². The van der Waals surface area contributed by atoms with Gasteiger partial charge in [-0.1, -0.05) is 18.5 Å². The molecule has 1 aromatic carbocycles.